The molecule has 2 nitrogen and oxygen atoms in total. The van der Waals surface area contributed by atoms with Gasteiger partial charge >= 0.3 is 0 Å². The van der Waals surface area contributed by atoms with E-state index >= 15 is 0 Å². The zero-order valence-corrected chi connectivity index (χ0v) is 12.5. The highest BCUT2D eigenvalue weighted by atomic mass is 35.5. The van der Waals surface area contributed by atoms with Crippen LogP contribution >= 0.6 is 23.2 Å². The Balaban J connectivity index is 2.28. The van der Waals surface area contributed by atoms with E-state index in [1.807, 2.05) is 25.1 Å². The van der Waals surface area contributed by atoms with E-state index in [0.717, 1.165) is 16.7 Å². The van der Waals surface area contributed by atoms with E-state index in [0.29, 0.717) is 16.5 Å². The first-order chi connectivity index (χ1) is 9.51. The number of hydrogen-bond acceptors (Lipinski definition) is 2. The van der Waals surface area contributed by atoms with Gasteiger partial charge in [0.1, 0.15) is 5.82 Å². The van der Waals surface area contributed by atoms with Crippen LogP contribution in [0.25, 0.3) is 0 Å². The summed E-state index contributed by atoms with van der Waals surface area (Å²) >= 11 is 12.3. The van der Waals surface area contributed by atoms with E-state index < -0.39 is 0 Å². The Morgan fingerprint density at radius 3 is 2.50 bits per heavy atom. The number of rotatable bonds is 4. The molecule has 0 spiro atoms. The van der Waals surface area contributed by atoms with Gasteiger partial charge in [0, 0.05) is 10.0 Å². The normalized spacial score (nSPS) is 12.4. The number of nitrogens with one attached hydrogen (secondary N) is 1. The minimum absolute atomic E-state index is 0.233. The lowest BCUT2D eigenvalue weighted by Gasteiger charge is -2.18. The molecule has 5 heteroatoms. The summed E-state index contributed by atoms with van der Waals surface area (Å²) in [4.78, 5) is 0. The minimum atomic E-state index is -0.372. The third-order valence-electron chi connectivity index (χ3n) is 3.17. The summed E-state index contributed by atoms with van der Waals surface area (Å²) in [6.07, 6.45) is 0.570. The highest BCUT2D eigenvalue weighted by molar-refractivity contribution is 6.31. The molecule has 2 aromatic rings. The van der Waals surface area contributed by atoms with Crippen LogP contribution in [0.4, 0.5) is 4.39 Å². The molecular formula is C15H15Cl2FN2. The monoisotopic (exact) mass is 312 g/mol. The zero-order valence-electron chi connectivity index (χ0n) is 11.0. The van der Waals surface area contributed by atoms with Crippen molar-refractivity contribution in [3.05, 3.63) is 69.0 Å². The van der Waals surface area contributed by atoms with Gasteiger partial charge in [-0.15, -0.1) is 0 Å². The molecule has 0 aliphatic carbocycles. The Hall–Kier alpha value is -1.13. The van der Waals surface area contributed by atoms with Gasteiger partial charge in [-0.05, 0) is 48.2 Å². The summed E-state index contributed by atoms with van der Waals surface area (Å²) in [7, 11) is 0. The van der Waals surface area contributed by atoms with Gasteiger partial charge in [0.05, 0.1) is 6.04 Å². The lowest BCUT2D eigenvalue weighted by Crippen LogP contribution is -2.30. The van der Waals surface area contributed by atoms with Crippen LogP contribution in [0, 0.1) is 12.7 Å². The quantitative estimate of drug-likeness (QED) is 0.656. The van der Waals surface area contributed by atoms with Gasteiger partial charge in [0.25, 0.3) is 0 Å². The Bertz CT molecular complexity index is 617. The summed E-state index contributed by atoms with van der Waals surface area (Å²) < 4.78 is 13.1. The fourth-order valence-corrected chi connectivity index (χ4v) is 2.69. The van der Waals surface area contributed by atoms with Crippen LogP contribution in [-0.4, -0.2) is 0 Å². The highest BCUT2D eigenvalue weighted by Gasteiger charge is 2.16. The molecule has 2 rings (SSSR count). The van der Waals surface area contributed by atoms with Gasteiger partial charge < -0.3 is 0 Å². The number of aryl methyl sites for hydroxylation is 1. The first-order valence-electron chi connectivity index (χ1n) is 6.17. The fraction of sp³-hybridized carbons (Fsp3) is 0.200. The molecule has 0 bridgehead atoms. The summed E-state index contributed by atoms with van der Waals surface area (Å²) in [5.74, 6) is 5.22. The molecule has 2 aromatic carbocycles. The van der Waals surface area contributed by atoms with Gasteiger partial charge in [0.2, 0.25) is 0 Å². The molecule has 0 amide bonds. The largest absolute Gasteiger partial charge is 0.271 e. The average molecular weight is 313 g/mol. The average Bonchev–Trinajstić information content (AvgIpc) is 2.39. The van der Waals surface area contributed by atoms with Crippen molar-refractivity contribution in [1.82, 2.24) is 5.43 Å². The lowest BCUT2D eigenvalue weighted by atomic mass is 9.98. The second kappa shape index (κ2) is 6.55. The second-order valence-electron chi connectivity index (χ2n) is 4.68. The van der Waals surface area contributed by atoms with E-state index in [1.54, 1.807) is 6.07 Å². The fourth-order valence-electron chi connectivity index (χ4n) is 2.08. The molecule has 1 atom stereocenters. The predicted octanol–water partition coefficient (Wildman–Crippen LogP) is 4.19. The van der Waals surface area contributed by atoms with Crippen molar-refractivity contribution in [2.75, 3.05) is 0 Å². The van der Waals surface area contributed by atoms with Gasteiger partial charge in [-0.1, -0.05) is 41.4 Å². The molecule has 0 aliphatic rings. The standard InChI is InChI=1S/C15H15Cl2FN2/c1-9-2-3-10(13(16)6-9)7-15(20-19)12-5-4-11(18)8-14(12)17/h2-6,8,15,20H,7,19H2,1H3. The molecular weight excluding hydrogens is 298 g/mol. The van der Waals surface area contributed by atoms with E-state index in [9.17, 15) is 4.39 Å². The van der Waals surface area contributed by atoms with Gasteiger partial charge in [-0.25, -0.2) is 4.39 Å². The van der Waals surface area contributed by atoms with Crippen molar-refractivity contribution >= 4 is 23.2 Å². The zero-order chi connectivity index (χ0) is 14.7. The molecule has 0 aliphatic heterocycles. The summed E-state index contributed by atoms with van der Waals surface area (Å²) in [6, 6.07) is 9.88. The molecule has 106 valence electrons. The SMILES string of the molecule is Cc1ccc(CC(NN)c2ccc(F)cc2Cl)c(Cl)c1. The Morgan fingerprint density at radius 1 is 1.15 bits per heavy atom. The second-order valence-corrected chi connectivity index (χ2v) is 5.50. The molecule has 3 N–H and O–H groups in total. The summed E-state index contributed by atoms with van der Waals surface area (Å²) in [5, 5.41) is 1.03. The maximum atomic E-state index is 13.1. The van der Waals surface area contributed by atoms with Crippen molar-refractivity contribution in [1.29, 1.82) is 0 Å². The first-order valence-corrected chi connectivity index (χ1v) is 6.93. The predicted molar refractivity (Wildman–Crippen MR) is 81.4 cm³/mol. The van der Waals surface area contributed by atoms with E-state index in [1.165, 1.54) is 12.1 Å². The van der Waals surface area contributed by atoms with Crippen LogP contribution < -0.4 is 11.3 Å². The Labute approximate surface area is 127 Å². The van der Waals surface area contributed by atoms with Gasteiger partial charge in [-0.2, -0.15) is 0 Å². The minimum Gasteiger partial charge on any atom is -0.271 e. The van der Waals surface area contributed by atoms with E-state index in [4.69, 9.17) is 29.0 Å². The number of hydrogen-bond donors (Lipinski definition) is 2. The van der Waals surface area contributed by atoms with Crippen LogP contribution in [0.5, 0.6) is 0 Å². The smallest absolute Gasteiger partial charge is 0.124 e. The number of nitrogens with two attached hydrogens (primary N) is 1. The topological polar surface area (TPSA) is 38.0 Å². The highest BCUT2D eigenvalue weighted by Crippen LogP contribution is 2.28. The van der Waals surface area contributed by atoms with Gasteiger partial charge in [0.15, 0.2) is 0 Å². The van der Waals surface area contributed by atoms with Crippen LogP contribution in [0.3, 0.4) is 0 Å². The summed E-state index contributed by atoms with van der Waals surface area (Å²) in [6.45, 7) is 1.98. The van der Waals surface area contributed by atoms with Crippen LogP contribution in [-0.2, 0) is 6.42 Å². The Kier molecular flexibility index (Phi) is 5.00. The van der Waals surface area contributed by atoms with Crippen molar-refractivity contribution in [2.45, 2.75) is 19.4 Å². The summed E-state index contributed by atoms with van der Waals surface area (Å²) in [5.41, 5.74) is 5.50. The van der Waals surface area contributed by atoms with Crippen LogP contribution in [0.15, 0.2) is 36.4 Å². The van der Waals surface area contributed by atoms with Crippen molar-refractivity contribution < 1.29 is 4.39 Å². The molecule has 0 heterocycles. The maximum absolute atomic E-state index is 13.1. The van der Waals surface area contributed by atoms with Crippen LogP contribution in [0.1, 0.15) is 22.7 Å². The lowest BCUT2D eigenvalue weighted by molar-refractivity contribution is 0.549. The van der Waals surface area contributed by atoms with Crippen molar-refractivity contribution in [2.24, 2.45) is 5.84 Å². The van der Waals surface area contributed by atoms with Crippen LogP contribution in [0.2, 0.25) is 10.0 Å². The molecule has 0 aromatic heterocycles. The molecule has 0 fully saturated rings. The number of benzene rings is 2. The van der Waals surface area contributed by atoms with Gasteiger partial charge in [-0.3, -0.25) is 11.3 Å². The molecule has 1 unspecified atom stereocenters. The number of halogens is 3. The van der Waals surface area contributed by atoms with Crippen molar-refractivity contribution in [3.8, 4) is 0 Å². The molecule has 0 radical (unpaired) electrons. The van der Waals surface area contributed by atoms with Crippen molar-refractivity contribution in [3.63, 3.8) is 0 Å². The van der Waals surface area contributed by atoms with E-state index in [2.05, 4.69) is 5.43 Å². The third kappa shape index (κ3) is 3.49. The van der Waals surface area contributed by atoms with E-state index in [-0.39, 0.29) is 11.9 Å². The number of hydrazine groups is 1. The first kappa shape index (κ1) is 15.3. The maximum Gasteiger partial charge on any atom is 0.124 e. The molecule has 0 saturated heterocycles. The third-order valence-corrected chi connectivity index (χ3v) is 3.85. The molecule has 0 saturated carbocycles. The molecule has 20 heavy (non-hydrogen) atoms. The Morgan fingerprint density at radius 2 is 1.90 bits per heavy atom.